The smallest absolute Gasteiger partial charge is 0.274 e. The highest BCUT2D eigenvalue weighted by Crippen LogP contribution is 2.00. The van der Waals surface area contributed by atoms with Crippen molar-refractivity contribution in [1.82, 2.24) is 20.2 Å². The summed E-state index contributed by atoms with van der Waals surface area (Å²) in [5.41, 5.74) is 0.425. The third kappa shape index (κ3) is 3.59. The van der Waals surface area contributed by atoms with Gasteiger partial charge in [0.05, 0.1) is 6.20 Å². The summed E-state index contributed by atoms with van der Waals surface area (Å²) >= 11 is 0. The molecule has 0 bridgehead atoms. The first-order valence-electron chi connectivity index (χ1n) is 4.64. The summed E-state index contributed by atoms with van der Waals surface area (Å²) in [5, 5.41) is 3.19. The Morgan fingerprint density at radius 2 is 1.94 bits per heavy atom. The zero-order chi connectivity index (χ0) is 9.80. The molecular formula is C9H14Cl2N4O. The molecule has 1 aliphatic heterocycles. The van der Waals surface area contributed by atoms with Crippen molar-refractivity contribution in [2.75, 3.05) is 26.2 Å². The summed E-state index contributed by atoms with van der Waals surface area (Å²) in [6, 6.07) is 0. The molecule has 7 heteroatoms. The first-order chi connectivity index (χ1) is 6.88. The third-order valence-corrected chi connectivity index (χ3v) is 2.19. The Kier molecular flexibility index (Phi) is 6.96. The number of nitrogens with one attached hydrogen (secondary N) is 1. The number of rotatable bonds is 1. The standard InChI is InChI=1S/C9H12N4O.2ClH/c14-9(8-7-11-1-2-12-8)13-5-3-10-4-6-13;;/h1-2,7,10H,3-6H2;2*1H. The molecule has 1 aromatic heterocycles. The number of carbonyl (C=O) groups is 1. The molecule has 1 aliphatic rings. The summed E-state index contributed by atoms with van der Waals surface area (Å²) in [4.78, 5) is 21.4. The lowest BCUT2D eigenvalue weighted by atomic mass is 10.3. The molecule has 1 saturated heterocycles. The van der Waals surface area contributed by atoms with E-state index in [1.54, 1.807) is 11.1 Å². The van der Waals surface area contributed by atoms with Gasteiger partial charge in [-0.15, -0.1) is 24.8 Å². The Bertz CT molecular complexity index is 317. The van der Waals surface area contributed by atoms with Crippen LogP contribution in [0.25, 0.3) is 0 Å². The number of piperazine rings is 1. The lowest BCUT2D eigenvalue weighted by Gasteiger charge is -2.26. The van der Waals surface area contributed by atoms with Gasteiger partial charge in [-0.05, 0) is 0 Å². The van der Waals surface area contributed by atoms with Gasteiger partial charge in [-0.25, -0.2) is 4.98 Å². The molecular weight excluding hydrogens is 251 g/mol. The Hall–Kier alpha value is -0.910. The van der Waals surface area contributed by atoms with Crippen molar-refractivity contribution in [3.05, 3.63) is 24.3 Å². The highest BCUT2D eigenvalue weighted by atomic mass is 35.5. The molecule has 0 spiro atoms. The van der Waals surface area contributed by atoms with Crippen molar-refractivity contribution < 1.29 is 4.79 Å². The molecule has 2 heterocycles. The highest BCUT2D eigenvalue weighted by Gasteiger charge is 2.18. The van der Waals surface area contributed by atoms with Gasteiger partial charge >= 0.3 is 0 Å². The quantitative estimate of drug-likeness (QED) is 0.796. The van der Waals surface area contributed by atoms with Crippen LogP contribution in [0.4, 0.5) is 0 Å². The molecule has 0 aromatic carbocycles. The number of aromatic nitrogens is 2. The number of carbonyl (C=O) groups excluding carboxylic acids is 1. The van der Waals surface area contributed by atoms with Crippen LogP contribution < -0.4 is 5.32 Å². The minimum absolute atomic E-state index is 0. The largest absolute Gasteiger partial charge is 0.335 e. The average Bonchev–Trinajstić information content (AvgIpc) is 2.30. The zero-order valence-corrected chi connectivity index (χ0v) is 10.3. The minimum atomic E-state index is -0.0281. The van der Waals surface area contributed by atoms with Crippen molar-refractivity contribution >= 4 is 30.7 Å². The first-order valence-corrected chi connectivity index (χ1v) is 4.64. The normalized spacial score (nSPS) is 14.6. The van der Waals surface area contributed by atoms with Gasteiger partial charge in [-0.3, -0.25) is 9.78 Å². The van der Waals surface area contributed by atoms with E-state index in [9.17, 15) is 4.79 Å². The molecule has 1 N–H and O–H groups in total. The van der Waals surface area contributed by atoms with Crippen molar-refractivity contribution in [3.8, 4) is 0 Å². The lowest BCUT2D eigenvalue weighted by molar-refractivity contribution is 0.0729. The number of halogens is 2. The maximum absolute atomic E-state index is 11.8. The van der Waals surface area contributed by atoms with Crippen molar-refractivity contribution in [2.45, 2.75) is 0 Å². The fraction of sp³-hybridized carbons (Fsp3) is 0.444. The van der Waals surface area contributed by atoms with Crippen LogP contribution in [0.15, 0.2) is 18.6 Å². The van der Waals surface area contributed by atoms with E-state index in [4.69, 9.17) is 0 Å². The van der Waals surface area contributed by atoms with Gasteiger partial charge in [-0.1, -0.05) is 0 Å². The second-order valence-corrected chi connectivity index (χ2v) is 3.13. The van der Waals surface area contributed by atoms with Gasteiger partial charge in [0.15, 0.2) is 0 Å². The summed E-state index contributed by atoms with van der Waals surface area (Å²) in [6.07, 6.45) is 4.61. The van der Waals surface area contributed by atoms with E-state index in [1.165, 1.54) is 12.4 Å². The topological polar surface area (TPSA) is 58.1 Å². The Labute approximate surface area is 106 Å². The maximum Gasteiger partial charge on any atom is 0.274 e. The van der Waals surface area contributed by atoms with Gasteiger partial charge in [-0.2, -0.15) is 0 Å². The fourth-order valence-electron chi connectivity index (χ4n) is 1.44. The van der Waals surface area contributed by atoms with Crippen LogP contribution in [0.1, 0.15) is 10.5 Å². The molecule has 0 saturated carbocycles. The highest BCUT2D eigenvalue weighted by molar-refractivity contribution is 5.92. The first kappa shape index (κ1) is 15.1. The molecule has 1 aromatic rings. The molecule has 16 heavy (non-hydrogen) atoms. The molecule has 0 unspecified atom stereocenters. The molecule has 0 atom stereocenters. The predicted octanol–water partition coefficient (Wildman–Crippen LogP) is 0.366. The van der Waals surface area contributed by atoms with Gasteiger partial charge < -0.3 is 10.2 Å². The molecule has 1 amide bonds. The van der Waals surface area contributed by atoms with Crippen LogP contribution in [0, 0.1) is 0 Å². The fourth-order valence-corrected chi connectivity index (χ4v) is 1.44. The number of nitrogens with zero attached hydrogens (tertiary/aromatic N) is 3. The molecule has 1 fully saturated rings. The summed E-state index contributed by atoms with van der Waals surface area (Å²) < 4.78 is 0. The predicted molar refractivity (Wildman–Crippen MR) is 65.3 cm³/mol. The van der Waals surface area contributed by atoms with Gasteiger partial charge in [0.25, 0.3) is 5.91 Å². The maximum atomic E-state index is 11.8. The van der Waals surface area contributed by atoms with Crippen molar-refractivity contribution in [1.29, 1.82) is 0 Å². The monoisotopic (exact) mass is 264 g/mol. The Morgan fingerprint density at radius 1 is 1.25 bits per heavy atom. The number of amides is 1. The number of hydrogen-bond acceptors (Lipinski definition) is 4. The second kappa shape index (κ2) is 7.38. The Morgan fingerprint density at radius 3 is 2.50 bits per heavy atom. The van der Waals surface area contributed by atoms with Gasteiger partial charge in [0.1, 0.15) is 5.69 Å². The SMILES string of the molecule is Cl.Cl.O=C(c1cnccn1)N1CCNCC1. The summed E-state index contributed by atoms with van der Waals surface area (Å²) in [5.74, 6) is -0.0281. The summed E-state index contributed by atoms with van der Waals surface area (Å²) in [6.45, 7) is 3.20. The zero-order valence-electron chi connectivity index (χ0n) is 8.63. The van der Waals surface area contributed by atoms with E-state index < -0.39 is 0 Å². The van der Waals surface area contributed by atoms with Crippen molar-refractivity contribution in [2.24, 2.45) is 0 Å². The van der Waals surface area contributed by atoms with Crippen LogP contribution in [-0.2, 0) is 0 Å². The van der Waals surface area contributed by atoms with Crippen LogP contribution in [0.3, 0.4) is 0 Å². The molecule has 2 rings (SSSR count). The lowest BCUT2D eigenvalue weighted by Crippen LogP contribution is -2.46. The van der Waals surface area contributed by atoms with Crippen molar-refractivity contribution in [3.63, 3.8) is 0 Å². The van der Waals surface area contributed by atoms with Crippen LogP contribution in [0.5, 0.6) is 0 Å². The Balaban J connectivity index is 0.00000112. The third-order valence-electron chi connectivity index (χ3n) is 2.19. The van der Waals surface area contributed by atoms with E-state index in [1.807, 2.05) is 0 Å². The van der Waals surface area contributed by atoms with Crippen LogP contribution in [-0.4, -0.2) is 47.0 Å². The molecule has 5 nitrogen and oxygen atoms in total. The molecule has 0 radical (unpaired) electrons. The second-order valence-electron chi connectivity index (χ2n) is 3.13. The minimum Gasteiger partial charge on any atom is -0.335 e. The van der Waals surface area contributed by atoms with Crippen LogP contribution >= 0.6 is 24.8 Å². The number of hydrogen-bond donors (Lipinski definition) is 1. The average molecular weight is 265 g/mol. The molecule has 90 valence electrons. The van der Waals surface area contributed by atoms with Crippen LogP contribution in [0.2, 0.25) is 0 Å². The van der Waals surface area contributed by atoms with E-state index in [-0.39, 0.29) is 30.7 Å². The van der Waals surface area contributed by atoms with Gasteiger partial charge in [0, 0.05) is 38.6 Å². The van der Waals surface area contributed by atoms with E-state index in [2.05, 4.69) is 15.3 Å². The van der Waals surface area contributed by atoms with E-state index in [0.29, 0.717) is 5.69 Å². The van der Waals surface area contributed by atoms with E-state index in [0.717, 1.165) is 26.2 Å². The van der Waals surface area contributed by atoms with E-state index >= 15 is 0 Å². The molecule has 0 aliphatic carbocycles. The van der Waals surface area contributed by atoms with Gasteiger partial charge in [0.2, 0.25) is 0 Å². The summed E-state index contributed by atoms with van der Waals surface area (Å²) in [7, 11) is 0.